The summed E-state index contributed by atoms with van der Waals surface area (Å²) in [5.41, 5.74) is 2.05. The van der Waals surface area contributed by atoms with Gasteiger partial charge >= 0.3 is 12.1 Å². The van der Waals surface area contributed by atoms with Gasteiger partial charge in [-0.05, 0) is 48.9 Å². The Morgan fingerprint density at radius 3 is 1.38 bits per heavy atom. The summed E-state index contributed by atoms with van der Waals surface area (Å²) < 4.78 is 10.4. The van der Waals surface area contributed by atoms with Crippen molar-refractivity contribution in [2.24, 2.45) is 11.8 Å². The molecule has 0 unspecified atom stereocenters. The molecule has 0 saturated carbocycles. The number of carbonyl (C=O) groups is 7. The van der Waals surface area contributed by atoms with E-state index in [2.05, 4.69) is 26.6 Å². The normalized spacial score (nSPS) is 13.8. The number of methoxy groups -OCH3 is 1. The van der Waals surface area contributed by atoms with E-state index in [1.807, 2.05) is 43.3 Å². The second kappa shape index (κ2) is 25.4. The predicted octanol–water partition coefficient (Wildman–Crippen LogP) is 3.71. The van der Waals surface area contributed by atoms with E-state index in [-0.39, 0.29) is 25.7 Å². The van der Waals surface area contributed by atoms with E-state index in [4.69, 9.17) is 15.3 Å². The number of benzene rings is 4. The first kappa shape index (κ1) is 51.6. The molecule has 0 aliphatic carbocycles. The molecule has 0 heterocycles. The molecule has 4 aromatic carbocycles. The average Bonchev–Trinajstić information content (AvgIpc) is 3.29. The first-order valence-corrected chi connectivity index (χ1v) is 22.0. The SMILES string of the molecule is CC[C@H](C)[C@H](NC(=O)[C@H](Cc1ccccc1)NC(=O)CN(N)C(=O)[C@H](Cc1ccccc1)NC(=O)OC(C)(C)C)C(=O)N[C@@H](Cc1ccccc1)C(=O)N[C@@H](Cc1ccccc1)C(=O)OC. The highest BCUT2D eigenvalue weighted by Crippen LogP contribution is 2.14. The monoisotopic (exact) mass is 905 g/mol. The van der Waals surface area contributed by atoms with Crippen LogP contribution in [-0.2, 0) is 63.9 Å². The lowest BCUT2D eigenvalue weighted by Crippen LogP contribution is -2.60. The van der Waals surface area contributed by atoms with Crippen LogP contribution in [0.3, 0.4) is 0 Å². The van der Waals surface area contributed by atoms with E-state index in [0.717, 1.165) is 11.1 Å². The van der Waals surface area contributed by atoms with Crippen molar-refractivity contribution in [3.8, 4) is 0 Å². The van der Waals surface area contributed by atoms with Gasteiger partial charge in [0.2, 0.25) is 23.6 Å². The Bertz CT molecular complexity index is 2210. The number of nitrogens with zero attached hydrogens (tertiary/aromatic N) is 1. The molecule has 7 N–H and O–H groups in total. The Morgan fingerprint density at radius 1 is 0.561 bits per heavy atom. The third kappa shape index (κ3) is 17.1. The molecule has 0 saturated heterocycles. The number of hydrazine groups is 1. The topological polar surface area (TPSA) is 227 Å². The molecule has 0 aromatic heterocycles. The van der Waals surface area contributed by atoms with Gasteiger partial charge in [0.25, 0.3) is 5.91 Å². The van der Waals surface area contributed by atoms with Crippen molar-refractivity contribution in [1.29, 1.82) is 0 Å². The molecule has 0 spiro atoms. The highest BCUT2D eigenvalue weighted by atomic mass is 16.6. The van der Waals surface area contributed by atoms with Gasteiger partial charge in [0.05, 0.1) is 7.11 Å². The van der Waals surface area contributed by atoms with Crippen molar-refractivity contribution >= 4 is 41.6 Å². The van der Waals surface area contributed by atoms with Crippen LogP contribution in [0.1, 0.15) is 63.3 Å². The van der Waals surface area contributed by atoms with Crippen LogP contribution in [0.15, 0.2) is 121 Å². The van der Waals surface area contributed by atoms with Gasteiger partial charge in [0.1, 0.15) is 42.4 Å². The van der Waals surface area contributed by atoms with Gasteiger partial charge in [-0.1, -0.05) is 142 Å². The van der Waals surface area contributed by atoms with E-state index in [1.54, 1.807) is 113 Å². The summed E-state index contributed by atoms with van der Waals surface area (Å²) in [6.07, 6.45) is -0.179. The van der Waals surface area contributed by atoms with Gasteiger partial charge in [-0.15, -0.1) is 0 Å². The summed E-state index contributed by atoms with van der Waals surface area (Å²) in [7, 11) is 1.23. The first-order valence-electron chi connectivity index (χ1n) is 22.0. The maximum absolute atomic E-state index is 14.3. The fraction of sp³-hybridized carbons (Fsp3) is 0.380. The number of hydrogen-bond donors (Lipinski definition) is 6. The largest absolute Gasteiger partial charge is 0.467 e. The van der Waals surface area contributed by atoms with Gasteiger partial charge in [0.15, 0.2) is 0 Å². The zero-order chi connectivity index (χ0) is 48.2. The van der Waals surface area contributed by atoms with Crippen LogP contribution in [0, 0.1) is 5.92 Å². The molecule has 4 rings (SSSR count). The van der Waals surface area contributed by atoms with E-state index >= 15 is 0 Å². The van der Waals surface area contributed by atoms with Crippen LogP contribution in [0.4, 0.5) is 4.79 Å². The standard InChI is InChI=1S/C50H63N7O9/c1-7-33(2)43(46(61)53-39(29-35-22-14-9-15-23-35)44(59)54-41(48(63)65-6)31-37-26-18-11-19-27-37)56-45(60)38(28-34-20-12-8-13-21-34)52-42(58)32-57(51)47(62)40(30-36-24-16-10-17-25-36)55-49(64)66-50(3,4)5/h8-27,33,38-41,43H,7,28-32,51H2,1-6H3,(H,52,58)(H,53,61)(H,54,59)(H,55,64)(H,56,60)/t33-,38-,39-,40-,41-,43-/m0/s1. The Hall–Kier alpha value is -7.07. The van der Waals surface area contributed by atoms with E-state index < -0.39 is 89.9 Å². The average molecular weight is 906 g/mol. The molecule has 0 bridgehead atoms. The second-order valence-electron chi connectivity index (χ2n) is 17.1. The van der Waals surface area contributed by atoms with Crippen molar-refractivity contribution in [1.82, 2.24) is 31.6 Å². The zero-order valence-electron chi connectivity index (χ0n) is 38.5. The van der Waals surface area contributed by atoms with Crippen LogP contribution < -0.4 is 32.4 Å². The minimum atomic E-state index is -1.26. The van der Waals surface area contributed by atoms with Crippen molar-refractivity contribution in [2.75, 3.05) is 13.7 Å². The lowest BCUT2D eigenvalue weighted by molar-refractivity contribution is -0.145. The van der Waals surface area contributed by atoms with E-state index in [1.165, 1.54) is 7.11 Å². The van der Waals surface area contributed by atoms with Crippen molar-refractivity contribution < 1.29 is 43.0 Å². The molecule has 352 valence electrons. The minimum Gasteiger partial charge on any atom is -0.467 e. The molecule has 6 amide bonds. The predicted molar refractivity (Wildman–Crippen MR) is 249 cm³/mol. The molecule has 16 heteroatoms. The van der Waals surface area contributed by atoms with E-state index in [9.17, 15) is 33.6 Å². The Kier molecular flexibility index (Phi) is 19.9. The van der Waals surface area contributed by atoms with Crippen molar-refractivity contribution in [2.45, 2.75) is 103 Å². The zero-order valence-corrected chi connectivity index (χ0v) is 38.5. The van der Waals surface area contributed by atoms with Crippen molar-refractivity contribution in [3.63, 3.8) is 0 Å². The molecular weight excluding hydrogens is 843 g/mol. The molecule has 0 radical (unpaired) electrons. The summed E-state index contributed by atoms with van der Waals surface area (Å²) in [6, 6.07) is 30.0. The van der Waals surface area contributed by atoms with Gasteiger partial charge in [-0.2, -0.15) is 0 Å². The number of nitrogens with two attached hydrogens (primary N) is 1. The first-order chi connectivity index (χ1) is 31.5. The molecule has 4 aromatic rings. The summed E-state index contributed by atoms with van der Waals surface area (Å²) in [4.78, 5) is 95.8. The van der Waals surface area contributed by atoms with E-state index in [0.29, 0.717) is 22.6 Å². The number of rotatable bonds is 22. The third-order valence-electron chi connectivity index (χ3n) is 10.6. The Balaban J connectivity index is 1.55. The van der Waals surface area contributed by atoms with Gasteiger partial charge in [-0.25, -0.2) is 15.4 Å². The smallest absolute Gasteiger partial charge is 0.408 e. The molecular formula is C50H63N7O9. The summed E-state index contributed by atoms with van der Waals surface area (Å²) >= 11 is 0. The Labute approximate surface area is 386 Å². The lowest BCUT2D eigenvalue weighted by Gasteiger charge is -2.29. The quantitative estimate of drug-likeness (QED) is 0.0290. The van der Waals surface area contributed by atoms with Crippen LogP contribution in [0.5, 0.6) is 0 Å². The molecule has 66 heavy (non-hydrogen) atoms. The maximum Gasteiger partial charge on any atom is 0.408 e. The summed E-state index contributed by atoms with van der Waals surface area (Å²) in [6.45, 7) is 7.95. The Morgan fingerprint density at radius 2 is 0.955 bits per heavy atom. The van der Waals surface area contributed by atoms with Crippen LogP contribution in [-0.4, -0.2) is 96.1 Å². The fourth-order valence-corrected chi connectivity index (χ4v) is 6.97. The second-order valence-corrected chi connectivity index (χ2v) is 17.1. The van der Waals surface area contributed by atoms with Crippen LogP contribution in [0.25, 0.3) is 0 Å². The van der Waals surface area contributed by atoms with Crippen LogP contribution in [0.2, 0.25) is 0 Å². The number of amides is 6. The summed E-state index contributed by atoms with van der Waals surface area (Å²) in [5, 5.41) is 14.3. The number of ether oxygens (including phenoxy) is 2. The molecule has 0 fully saturated rings. The minimum absolute atomic E-state index is 0.00201. The number of esters is 1. The van der Waals surface area contributed by atoms with Crippen LogP contribution >= 0.6 is 0 Å². The fourth-order valence-electron chi connectivity index (χ4n) is 6.97. The number of carbonyl (C=O) groups excluding carboxylic acids is 7. The maximum atomic E-state index is 14.3. The molecule has 0 aliphatic heterocycles. The van der Waals surface area contributed by atoms with Gasteiger partial charge < -0.3 is 36.1 Å². The number of alkyl carbamates (subject to hydrolysis) is 1. The third-order valence-corrected chi connectivity index (χ3v) is 10.6. The summed E-state index contributed by atoms with van der Waals surface area (Å²) in [5.74, 6) is 1.46. The lowest BCUT2D eigenvalue weighted by atomic mass is 9.96. The highest BCUT2D eigenvalue weighted by molar-refractivity contribution is 5.96. The molecule has 0 aliphatic rings. The highest BCUT2D eigenvalue weighted by Gasteiger charge is 2.35. The molecule has 16 nitrogen and oxygen atoms in total. The number of hydrogen-bond acceptors (Lipinski definition) is 10. The van der Waals surface area contributed by atoms with Crippen molar-refractivity contribution in [3.05, 3.63) is 144 Å². The van der Waals surface area contributed by atoms with Gasteiger partial charge in [0, 0.05) is 25.7 Å². The number of nitrogens with one attached hydrogen (secondary N) is 5. The van der Waals surface area contributed by atoms with Gasteiger partial charge in [-0.3, -0.25) is 29.0 Å². The molecule has 6 atom stereocenters.